The van der Waals surface area contributed by atoms with Crippen LogP contribution in [-0.2, 0) is 6.54 Å². The van der Waals surface area contributed by atoms with Crippen LogP contribution in [0.25, 0.3) is 22.2 Å². The van der Waals surface area contributed by atoms with Crippen LogP contribution >= 0.6 is 0 Å². The zero-order valence-corrected chi connectivity index (χ0v) is 10.3. The number of hydrogen-bond acceptors (Lipinski definition) is 3. The Hall–Kier alpha value is -2.46. The standard InChI is InChI=1S/C15H13N3O/c16-9-11-5-3-7-17-14(11)12-8-10-4-1-2-6-13(10)18-15(12)19/h1-8H,9,16H2,(H,18,19). The average Bonchev–Trinajstić information content (AvgIpc) is 2.46. The van der Waals surface area contributed by atoms with Gasteiger partial charge in [-0.15, -0.1) is 0 Å². The quantitative estimate of drug-likeness (QED) is 0.732. The highest BCUT2D eigenvalue weighted by Crippen LogP contribution is 2.20. The molecule has 0 spiro atoms. The van der Waals surface area contributed by atoms with Gasteiger partial charge in [0.1, 0.15) is 0 Å². The van der Waals surface area contributed by atoms with Crippen LogP contribution in [-0.4, -0.2) is 9.97 Å². The van der Waals surface area contributed by atoms with Crippen molar-refractivity contribution in [1.82, 2.24) is 9.97 Å². The van der Waals surface area contributed by atoms with Crippen LogP contribution in [0, 0.1) is 0 Å². The van der Waals surface area contributed by atoms with Crippen LogP contribution in [0.5, 0.6) is 0 Å². The number of aromatic amines is 1. The van der Waals surface area contributed by atoms with Gasteiger partial charge in [-0.2, -0.15) is 0 Å². The Bertz CT molecular complexity index is 792. The first-order chi connectivity index (χ1) is 9.29. The maximum atomic E-state index is 12.2. The molecule has 0 aliphatic heterocycles. The number of para-hydroxylation sites is 1. The van der Waals surface area contributed by atoms with E-state index in [0.717, 1.165) is 16.5 Å². The second-order valence-corrected chi connectivity index (χ2v) is 4.31. The minimum atomic E-state index is -0.146. The number of hydrogen-bond donors (Lipinski definition) is 2. The molecule has 0 unspecified atom stereocenters. The summed E-state index contributed by atoms with van der Waals surface area (Å²) in [5.41, 5.74) is 8.44. The maximum Gasteiger partial charge on any atom is 0.257 e. The molecule has 3 rings (SSSR count). The Morgan fingerprint density at radius 2 is 2.00 bits per heavy atom. The predicted octanol–water partition coefficient (Wildman–Crippen LogP) is 2.05. The lowest BCUT2D eigenvalue weighted by molar-refractivity contribution is 1.05. The second-order valence-electron chi connectivity index (χ2n) is 4.31. The fraction of sp³-hybridized carbons (Fsp3) is 0.0667. The number of nitrogens with two attached hydrogens (primary N) is 1. The molecule has 4 heteroatoms. The van der Waals surface area contributed by atoms with Gasteiger partial charge in [0.2, 0.25) is 0 Å². The molecule has 94 valence electrons. The van der Waals surface area contributed by atoms with Crippen molar-refractivity contribution in [3.8, 4) is 11.3 Å². The molecule has 3 N–H and O–H groups in total. The highest BCUT2D eigenvalue weighted by atomic mass is 16.1. The molecule has 0 aliphatic rings. The number of rotatable bonds is 2. The van der Waals surface area contributed by atoms with Gasteiger partial charge in [0.25, 0.3) is 5.56 Å². The number of fused-ring (bicyclic) bond motifs is 1. The van der Waals surface area contributed by atoms with Crippen molar-refractivity contribution in [2.24, 2.45) is 5.73 Å². The smallest absolute Gasteiger partial charge is 0.257 e. The van der Waals surface area contributed by atoms with Gasteiger partial charge in [-0.3, -0.25) is 9.78 Å². The molecular formula is C15H13N3O. The molecule has 0 atom stereocenters. The number of benzene rings is 1. The molecule has 1 aromatic carbocycles. The third-order valence-electron chi connectivity index (χ3n) is 3.12. The van der Waals surface area contributed by atoms with E-state index in [1.54, 1.807) is 6.20 Å². The second kappa shape index (κ2) is 4.66. The van der Waals surface area contributed by atoms with E-state index in [-0.39, 0.29) is 5.56 Å². The molecule has 0 aliphatic carbocycles. The summed E-state index contributed by atoms with van der Waals surface area (Å²) in [6, 6.07) is 13.2. The fourth-order valence-corrected chi connectivity index (χ4v) is 2.17. The molecule has 4 nitrogen and oxygen atoms in total. The number of pyridine rings is 2. The van der Waals surface area contributed by atoms with E-state index >= 15 is 0 Å². The first kappa shape index (κ1) is 11.6. The summed E-state index contributed by atoms with van der Waals surface area (Å²) in [6.07, 6.45) is 1.67. The maximum absolute atomic E-state index is 12.2. The Labute approximate surface area is 109 Å². The summed E-state index contributed by atoms with van der Waals surface area (Å²) >= 11 is 0. The van der Waals surface area contributed by atoms with Crippen LogP contribution in [0.15, 0.2) is 53.5 Å². The van der Waals surface area contributed by atoms with Gasteiger partial charge in [-0.05, 0) is 29.1 Å². The first-order valence-electron chi connectivity index (χ1n) is 6.06. The third kappa shape index (κ3) is 2.02. The lowest BCUT2D eigenvalue weighted by atomic mass is 10.1. The monoisotopic (exact) mass is 251 g/mol. The Morgan fingerprint density at radius 3 is 2.84 bits per heavy atom. The molecule has 19 heavy (non-hydrogen) atoms. The highest BCUT2D eigenvalue weighted by molar-refractivity contribution is 5.83. The summed E-state index contributed by atoms with van der Waals surface area (Å²) in [7, 11) is 0. The first-order valence-corrected chi connectivity index (χ1v) is 6.06. The molecule has 0 saturated carbocycles. The van der Waals surface area contributed by atoms with Crippen molar-refractivity contribution < 1.29 is 0 Å². The van der Waals surface area contributed by atoms with Gasteiger partial charge in [0, 0.05) is 18.3 Å². The largest absolute Gasteiger partial charge is 0.326 e. The zero-order valence-electron chi connectivity index (χ0n) is 10.3. The molecule has 2 heterocycles. The van der Waals surface area contributed by atoms with Crippen molar-refractivity contribution in [1.29, 1.82) is 0 Å². The molecule has 0 bridgehead atoms. The van der Waals surface area contributed by atoms with Gasteiger partial charge >= 0.3 is 0 Å². The van der Waals surface area contributed by atoms with Crippen LogP contribution in [0.4, 0.5) is 0 Å². The average molecular weight is 251 g/mol. The molecule has 0 saturated heterocycles. The fourth-order valence-electron chi connectivity index (χ4n) is 2.17. The Morgan fingerprint density at radius 1 is 1.16 bits per heavy atom. The minimum Gasteiger partial charge on any atom is -0.326 e. The summed E-state index contributed by atoms with van der Waals surface area (Å²) in [4.78, 5) is 19.3. The number of H-pyrrole nitrogens is 1. The number of aromatic nitrogens is 2. The van der Waals surface area contributed by atoms with Crippen molar-refractivity contribution in [2.45, 2.75) is 6.54 Å². The normalized spacial score (nSPS) is 10.8. The predicted molar refractivity (Wildman–Crippen MR) is 75.7 cm³/mol. The molecule has 0 amide bonds. The van der Waals surface area contributed by atoms with E-state index in [0.29, 0.717) is 17.8 Å². The molecule has 0 fully saturated rings. The highest BCUT2D eigenvalue weighted by Gasteiger charge is 2.10. The van der Waals surface area contributed by atoms with Crippen LogP contribution in [0.2, 0.25) is 0 Å². The lowest BCUT2D eigenvalue weighted by Gasteiger charge is -2.07. The van der Waals surface area contributed by atoms with Gasteiger partial charge < -0.3 is 10.7 Å². The van der Waals surface area contributed by atoms with E-state index < -0.39 is 0 Å². The van der Waals surface area contributed by atoms with E-state index in [2.05, 4.69) is 9.97 Å². The van der Waals surface area contributed by atoms with Gasteiger partial charge in [0.05, 0.1) is 11.3 Å². The molecule has 3 aromatic rings. The minimum absolute atomic E-state index is 0.146. The van der Waals surface area contributed by atoms with E-state index in [1.807, 2.05) is 42.5 Å². The lowest BCUT2D eigenvalue weighted by Crippen LogP contribution is -2.11. The molecular weight excluding hydrogens is 238 g/mol. The van der Waals surface area contributed by atoms with Crippen LogP contribution in [0.3, 0.4) is 0 Å². The topological polar surface area (TPSA) is 71.8 Å². The molecule has 2 aromatic heterocycles. The van der Waals surface area contributed by atoms with Crippen molar-refractivity contribution >= 4 is 10.9 Å². The van der Waals surface area contributed by atoms with Gasteiger partial charge in [-0.25, -0.2) is 0 Å². The number of nitrogens with one attached hydrogen (secondary N) is 1. The van der Waals surface area contributed by atoms with Crippen LogP contribution in [0.1, 0.15) is 5.56 Å². The van der Waals surface area contributed by atoms with Gasteiger partial charge in [0.15, 0.2) is 0 Å². The summed E-state index contributed by atoms with van der Waals surface area (Å²) in [5.74, 6) is 0. The number of nitrogens with zero attached hydrogens (tertiary/aromatic N) is 1. The Balaban J connectivity index is 2.30. The zero-order chi connectivity index (χ0) is 13.2. The summed E-state index contributed by atoms with van der Waals surface area (Å²) in [6.45, 7) is 0.357. The van der Waals surface area contributed by atoms with Crippen molar-refractivity contribution in [3.63, 3.8) is 0 Å². The third-order valence-corrected chi connectivity index (χ3v) is 3.12. The van der Waals surface area contributed by atoms with Crippen molar-refractivity contribution in [2.75, 3.05) is 0 Å². The van der Waals surface area contributed by atoms with E-state index in [9.17, 15) is 4.79 Å². The Kier molecular flexibility index (Phi) is 2.85. The SMILES string of the molecule is NCc1cccnc1-c1cc2ccccc2[nH]c1=O. The van der Waals surface area contributed by atoms with E-state index in [4.69, 9.17) is 5.73 Å². The van der Waals surface area contributed by atoms with E-state index in [1.165, 1.54) is 0 Å². The molecule has 0 radical (unpaired) electrons. The van der Waals surface area contributed by atoms with Crippen molar-refractivity contribution in [3.05, 3.63) is 64.6 Å². The van der Waals surface area contributed by atoms with Gasteiger partial charge in [-0.1, -0.05) is 24.3 Å². The van der Waals surface area contributed by atoms with Crippen LogP contribution < -0.4 is 11.3 Å². The summed E-state index contributed by atoms with van der Waals surface area (Å²) < 4.78 is 0. The summed E-state index contributed by atoms with van der Waals surface area (Å²) in [5, 5.41) is 0.978.